The Morgan fingerprint density at radius 2 is 1.95 bits per heavy atom. The van der Waals surface area contributed by atoms with Gasteiger partial charge in [-0.1, -0.05) is 18.2 Å². The summed E-state index contributed by atoms with van der Waals surface area (Å²) in [6.07, 6.45) is 1.60. The molecule has 0 atom stereocenters. The highest BCUT2D eigenvalue weighted by Gasteiger charge is 2.13. The zero-order valence-corrected chi connectivity index (χ0v) is 11.4. The van der Waals surface area contributed by atoms with E-state index in [1.165, 1.54) is 0 Å². The lowest BCUT2D eigenvalue weighted by molar-refractivity contribution is 0.102. The van der Waals surface area contributed by atoms with Crippen molar-refractivity contribution in [1.29, 1.82) is 0 Å². The molecule has 1 aromatic heterocycles. The minimum Gasteiger partial charge on any atom is -0.345 e. The van der Waals surface area contributed by atoms with Gasteiger partial charge in [0, 0.05) is 5.69 Å². The number of aryl methyl sites for hydroxylation is 1. The number of nitrogens with one attached hydrogen (secondary N) is 2. The van der Waals surface area contributed by atoms with Crippen LogP contribution < -0.4 is 5.32 Å². The summed E-state index contributed by atoms with van der Waals surface area (Å²) in [7, 11) is 0. The van der Waals surface area contributed by atoms with Crippen molar-refractivity contribution in [2.45, 2.75) is 13.8 Å². The van der Waals surface area contributed by atoms with Crippen molar-refractivity contribution in [1.82, 2.24) is 9.97 Å². The zero-order valence-electron chi connectivity index (χ0n) is 11.4. The van der Waals surface area contributed by atoms with Gasteiger partial charge in [-0.05, 0) is 43.2 Å². The number of H-pyrrole nitrogens is 1. The van der Waals surface area contributed by atoms with Crippen molar-refractivity contribution in [2.75, 3.05) is 5.32 Å². The van der Waals surface area contributed by atoms with Crippen LogP contribution in [0.3, 0.4) is 0 Å². The van der Waals surface area contributed by atoms with Gasteiger partial charge in [0.05, 0.1) is 17.4 Å². The Morgan fingerprint density at radius 1 is 1.15 bits per heavy atom. The molecule has 3 rings (SSSR count). The number of carbonyl (C=O) groups is 1. The fourth-order valence-corrected chi connectivity index (χ4v) is 2.22. The van der Waals surface area contributed by atoms with Crippen molar-refractivity contribution < 1.29 is 4.79 Å². The quantitative estimate of drug-likeness (QED) is 0.745. The molecule has 0 aliphatic carbocycles. The summed E-state index contributed by atoms with van der Waals surface area (Å²) in [5.74, 6) is -0.142. The molecule has 2 aromatic carbocycles. The Labute approximate surface area is 116 Å². The average Bonchev–Trinajstić information content (AvgIpc) is 2.92. The minimum atomic E-state index is -0.142. The van der Waals surface area contributed by atoms with Crippen LogP contribution in [0, 0.1) is 13.8 Å². The number of aromatic amines is 1. The molecular weight excluding hydrogens is 250 g/mol. The molecule has 100 valence electrons. The van der Waals surface area contributed by atoms with Crippen LogP contribution in [0.4, 0.5) is 5.69 Å². The first kappa shape index (κ1) is 12.4. The molecule has 0 fully saturated rings. The maximum atomic E-state index is 12.4. The van der Waals surface area contributed by atoms with Crippen LogP contribution >= 0.6 is 0 Å². The van der Waals surface area contributed by atoms with Crippen LogP contribution in [0.2, 0.25) is 0 Å². The number of imidazole rings is 1. The smallest absolute Gasteiger partial charge is 0.257 e. The van der Waals surface area contributed by atoms with E-state index in [0.29, 0.717) is 11.1 Å². The van der Waals surface area contributed by atoms with Gasteiger partial charge in [-0.25, -0.2) is 4.98 Å². The second-order valence-corrected chi connectivity index (χ2v) is 4.81. The third-order valence-electron chi connectivity index (χ3n) is 3.55. The lowest BCUT2D eigenvalue weighted by Crippen LogP contribution is -2.13. The highest BCUT2D eigenvalue weighted by molar-refractivity contribution is 6.11. The number of fused-ring (bicyclic) bond motifs is 1. The monoisotopic (exact) mass is 265 g/mol. The van der Waals surface area contributed by atoms with Gasteiger partial charge in [-0.2, -0.15) is 0 Å². The summed E-state index contributed by atoms with van der Waals surface area (Å²) in [5.41, 5.74) is 5.19. The van der Waals surface area contributed by atoms with Crippen LogP contribution in [0.5, 0.6) is 0 Å². The normalized spacial score (nSPS) is 10.7. The van der Waals surface area contributed by atoms with Gasteiger partial charge in [-0.3, -0.25) is 4.79 Å². The van der Waals surface area contributed by atoms with Gasteiger partial charge in [0.15, 0.2) is 0 Å². The topological polar surface area (TPSA) is 57.8 Å². The molecule has 1 amide bonds. The first-order valence-corrected chi connectivity index (χ1v) is 6.46. The Balaban J connectivity index is 1.97. The highest BCUT2D eigenvalue weighted by atomic mass is 16.1. The van der Waals surface area contributed by atoms with Crippen molar-refractivity contribution in [3.63, 3.8) is 0 Å². The van der Waals surface area contributed by atoms with Gasteiger partial charge in [0.1, 0.15) is 5.52 Å². The SMILES string of the molecule is Cc1cccc(NC(=O)c2cccc3[nH]cnc23)c1C. The van der Waals surface area contributed by atoms with Crippen LogP contribution in [-0.2, 0) is 0 Å². The summed E-state index contributed by atoms with van der Waals surface area (Å²) in [5, 5.41) is 2.96. The number of nitrogens with zero attached hydrogens (tertiary/aromatic N) is 1. The first-order valence-electron chi connectivity index (χ1n) is 6.46. The van der Waals surface area contributed by atoms with Crippen molar-refractivity contribution in [2.24, 2.45) is 0 Å². The van der Waals surface area contributed by atoms with Crippen LogP contribution in [0.25, 0.3) is 11.0 Å². The van der Waals surface area contributed by atoms with E-state index in [9.17, 15) is 4.79 Å². The average molecular weight is 265 g/mol. The number of para-hydroxylation sites is 1. The second kappa shape index (κ2) is 4.81. The fourth-order valence-electron chi connectivity index (χ4n) is 2.22. The van der Waals surface area contributed by atoms with Crippen LogP contribution in [0.15, 0.2) is 42.7 Å². The summed E-state index contributed by atoms with van der Waals surface area (Å²) in [4.78, 5) is 19.6. The molecule has 1 heterocycles. The lowest BCUT2D eigenvalue weighted by atomic mass is 10.1. The third-order valence-corrected chi connectivity index (χ3v) is 3.55. The van der Waals surface area contributed by atoms with E-state index >= 15 is 0 Å². The number of hydrogen-bond acceptors (Lipinski definition) is 2. The van der Waals surface area contributed by atoms with E-state index in [1.807, 2.05) is 44.2 Å². The van der Waals surface area contributed by atoms with Crippen LogP contribution in [0.1, 0.15) is 21.5 Å². The second-order valence-electron chi connectivity index (χ2n) is 4.81. The molecule has 20 heavy (non-hydrogen) atoms. The maximum absolute atomic E-state index is 12.4. The molecule has 0 aliphatic rings. The zero-order chi connectivity index (χ0) is 14.1. The number of benzene rings is 2. The van der Waals surface area contributed by atoms with E-state index in [4.69, 9.17) is 0 Å². The molecule has 4 heteroatoms. The molecule has 4 nitrogen and oxygen atoms in total. The van der Waals surface area contributed by atoms with Crippen molar-refractivity contribution in [3.8, 4) is 0 Å². The summed E-state index contributed by atoms with van der Waals surface area (Å²) >= 11 is 0. The molecular formula is C16H15N3O. The van der Waals surface area contributed by atoms with Gasteiger partial charge < -0.3 is 10.3 Å². The maximum Gasteiger partial charge on any atom is 0.257 e. The molecule has 0 aliphatic heterocycles. The standard InChI is InChI=1S/C16H15N3O/c1-10-5-3-7-13(11(10)2)19-16(20)12-6-4-8-14-15(12)18-9-17-14/h3-9H,1-2H3,(H,17,18)(H,19,20). The number of rotatable bonds is 2. The summed E-state index contributed by atoms with van der Waals surface area (Å²) in [6.45, 7) is 4.03. The van der Waals surface area contributed by atoms with Crippen molar-refractivity contribution >= 4 is 22.6 Å². The van der Waals surface area contributed by atoms with Gasteiger partial charge in [0.2, 0.25) is 0 Å². The van der Waals surface area contributed by atoms with Gasteiger partial charge in [-0.15, -0.1) is 0 Å². The Hall–Kier alpha value is -2.62. The number of aromatic nitrogens is 2. The van der Waals surface area contributed by atoms with E-state index in [0.717, 1.165) is 22.3 Å². The minimum absolute atomic E-state index is 0.142. The van der Waals surface area contributed by atoms with E-state index in [-0.39, 0.29) is 5.91 Å². The predicted molar refractivity (Wildman–Crippen MR) is 80.0 cm³/mol. The number of anilines is 1. The van der Waals surface area contributed by atoms with Gasteiger partial charge >= 0.3 is 0 Å². The molecule has 0 saturated heterocycles. The Kier molecular flexibility index (Phi) is 2.99. The van der Waals surface area contributed by atoms with E-state index < -0.39 is 0 Å². The van der Waals surface area contributed by atoms with E-state index in [1.54, 1.807) is 12.4 Å². The predicted octanol–water partition coefficient (Wildman–Crippen LogP) is 3.43. The molecule has 2 N–H and O–H groups in total. The molecule has 3 aromatic rings. The summed E-state index contributed by atoms with van der Waals surface area (Å²) < 4.78 is 0. The highest BCUT2D eigenvalue weighted by Crippen LogP contribution is 2.20. The van der Waals surface area contributed by atoms with E-state index in [2.05, 4.69) is 15.3 Å². The number of amides is 1. The number of hydrogen-bond donors (Lipinski definition) is 2. The first-order chi connectivity index (χ1) is 9.66. The Bertz CT molecular complexity index is 789. The number of carbonyl (C=O) groups excluding carboxylic acids is 1. The lowest BCUT2D eigenvalue weighted by Gasteiger charge is -2.10. The molecule has 0 spiro atoms. The van der Waals surface area contributed by atoms with Gasteiger partial charge in [0.25, 0.3) is 5.91 Å². The molecule has 0 saturated carbocycles. The van der Waals surface area contributed by atoms with Crippen molar-refractivity contribution in [3.05, 3.63) is 59.4 Å². The molecule has 0 radical (unpaired) electrons. The largest absolute Gasteiger partial charge is 0.345 e. The van der Waals surface area contributed by atoms with Crippen LogP contribution in [-0.4, -0.2) is 15.9 Å². The molecule has 0 unspecified atom stereocenters. The third kappa shape index (κ3) is 2.05. The summed E-state index contributed by atoms with van der Waals surface area (Å²) in [6, 6.07) is 11.4. The fraction of sp³-hybridized carbons (Fsp3) is 0.125. The Morgan fingerprint density at radius 3 is 2.80 bits per heavy atom. The molecule has 0 bridgehead atoms.